The van der Waals surface area contributed by atoms with Gasteiger partial charge in [0.05, 0.1) is 19.3 Å². The molecule has 14 heavy (non-hydrogen) atoms. The van der Waals surface area contributed by atoms with E-state index < -0.39 is 6.10 Å². The molecule has 4 nitrogen and oxygen atoms in total. The van der Waals surface area contributed by atoms with Crippen LogP contribution in [-0.2, 0) is 9.47 Å². The van der Waals surface area contributed by atoms with E-state index in [1.807, 2.05) is 6.92 Å². The molecule has 2 unspecified atom stereocenters. The van der Waals surface area contributed by atoms with Gasteiger partial charge < -0.3 is 19.9 Å². The maximum Gasteiger partial charge on any atom is 0.0897 e. The van der Waals surface area contributed by atoms with E-state index in [0.717, 1.165) is 19.6 Å². The van der Waals surface area contributed by atoms with Crippen molar-refractivity contribution in [2.24, 2.45) is 0 Å². The number of hydrogen-bond acceptors (Lipinski definition) is 4. The lowest BCUT2D eigenvalue weighted by Gasteiger charge is -2.25. The minimum Gasteiger partial charge on any atom is -0.389 e. The topological polar surface area (TPSA) is 50.7 Å². The first-order chi connectivity index (χ1) is 6.66. The normalized spacial score (nSPS) is 29.4. The molecule has 1 rings (SSSR count). The minimum atomic E-state index is -0.424. The monoisotopic (exact) mass is 203 g/mol. The molecule has 84 valence electrons. The van der Waals surface area contributed by atoms with Crippen LogP contribution in [0.4, 0.5) is 0 Å². The van der Waals surface area contributed by atoms with E-state index in [1.165, 1.54) is 0 Å². The Bertz CT molecular complexity index is 157. The van der Waals surface area contributed by atoms with E-state index in [0.29, 0.717) is 19.8 Å². The lowest BCUT2D eigenvalue weighted by molar-refractivity contribution is 0.0379. The van der Waals surface area contributed by atoms with Crippen LogP contribution < -0.4 is 5.32 Å². The predicted molar refractivity (Wildman–Crippen MR) is 54.3 cm³/mol. The largest absolute Gasteiger partial charge is 0.389 e. The Balaban J connectivity index is 2.12. The molecule has 0 spiro atoms. The summed E-state index contributed by atoms with van der Waals surface area (Å²) in [4.78, 5) is 0. The van der Waals surface area contributed by atoms with Crippen LogP contribution in [0.15, 0.2) is 0 Å². The third-order valence-corrected chi connectivity index (χ3v) is 2.50. The molecule has 0 saturated carbocycles. The summed E-state index contributed by atoms with van der Waals surface area (Å²) in [6.07, 6.45) is 0.585. The summed E-state index contributed by atoms with van der Waals surface area (Å²) in [7, 11) is 0. The van der Waals surface area contributed by atoms with Gasteiger partial charge in [-0.2, -0.15) is 0 Å². The lowest BCUT2D eigenvalue weighted by atomic mass is 10.0. The van der Waals surface area contributed by atoms with E-state index in [2.05, 4.69) is 12.2 Å². The van der Waals surface area contributed by atoms with Crippen LogP contribution >= 0.6 is 0 Å². The molecule has 2 N–H and O–H groups in total. The zero-order valence-electron chi connectivity index (χ0n) is 9.08. The first-order valence-corrected chi connectivity index (χ1v) is 5.25. The second-order valence-electron chi connectivity index (χ2n) is 4.06. The average Bonchev–Trinajstić information content (AvgIpc) is 2.60. The Morgan fingerprint density at radius 3 is 3.00 bits per heavy atom. The number of aliphatic hydroxyl groups is 1. The lowest BCUT2D eigenvalue weighted by Crippen LogP contribution is -2.47. The molecule has 1 aliphatic heterocycles. The first kappa shape index (κ1) is 11.9. The summed E-state index contributed by atoms with van der Waals surface area (Å²) in [5.41, 5.74) is 0.0349. The Hall–Kier alpha value is -0.160. The minimum absolute atomic E-state index is 0.0349. The number of rotatable bonds is 6. The fraction of sp³-hybridized carbons (Fsp3) is 1.00. The Kier molecular flexibility index (Phi) is 4.81. The quantitative estimate of drug-likeness (QED) is 0.645. The van der Waals surface area contributed by atoms with E-state index in [-0.39, 0.29) is 5.54 Å². The molecule has 0 aromatic heterocycles. The second kappa shape index (κ2) is 5.66. The van der Waals surface area contributed by atoms with Crippen LogP contribution in [0, 0.1) is 0 Å². The number of hydrogen-bond donors (Lipinski definition) is 2. The molecule has 0 bridgehead atoms. The van der Waals surface area contributed by atoms with Gasteiger partial charge in [-0.15, -0.1) is 0 Å². The van der Waals surface area contributed by atoms with Gasteiger partial charge in [-0.3, -0.25) is 0 Å². The molecule has 1 fully saturated rings. The number of nitrogens with one attached hydrogen (secondary N) is 1. The SMILES string of the molecule is CCOCC(O)CNC1(C)CCOC1. The van der Waals surface area contributed by atoms with Crippen molar-refractivity contribution < 1.29 is 14.6 Å². The van der Waals surface area contributed by atoms with Gasteiger partial charge in [-0.1, -0.05) is 0 Å². The van der Waals surface area contributed by atoms with Crippen LogP contribution in [0.5, 0.6) is 0 Å². The molecule has 0 amide bonds. The zero-order chi connectivity index (χ0) is 10.4. The van der Waals surface area contributed by atoms with Crippen molar-refractivity contribution in [1.82, 2.24) is 5.32 Å². The molecular formula is C10H21NO3. The molecule has 0 aliphatic carbocycles. The molecule has 1 saturated heterocycles. The number of β-amino-alcohol motifs (C(OH)–C–C–N with tert-alkyl or cyclic N) is 1. The summed E-state index contributed by atoms with van der Waals surface area (Å²) in [5, 5.41) is 12.8. The molecular weight excluding hydrogens is 182 g/mol. The van der Waals surface area contributed by atoms with Gasteiger partial charge in [0.2, 0.25) is 0 Å². The fourth-order valence-electron chi connectivity index (χ4n) is 1.48. The third-order valence-electron chi connectivity index (χ3n) is 2.50. The Labute approximate surface area is 85.6 Å². The summed E-state index contributed by atoms with van der Waals surface area (Å²) in [6.45, 7) is 7.21. The highest BCUT2D eigenvalue weighted by Crippen LogP contribution is 2.16. The Morgan fingerprint density at radius 1 is 1.64 bits per heavy atom. The average molecular weight is 203 g/mol. The predicted octanol–water partition coefficient (Wildman–Crippen LogP) is 0.152. The summed E-state index contributed by atoms with van der Waals surface area (Å²) in [5.74, 6) is 0. The zero-order valence-corrected chi connectivity index (χ0v) is 9.08. The summed E-state index contributed by atoms with van der Waals surface area (Å²) >= 11 is 0. The molecule has 1 aliphatic rings. The molecule has 2 atom stereocenters. The van der Waals surface area contributed by atoms with Gasteiger partial charge >= 0.3 is 0 Å². The highest BCUT2D eigenvalue weighted by molar-refractivity contribution is 4.87. The van der Waals surface area contributed by atoms with E-state index in [9.17, 15) is 5.11 Å². The van der Waals surface area contributed by atoms with E-state index in [1.54, 1.807) is 0 Å². The second-order valence-corrected chi connectivity index (χ2v) is 4.06. The van der Waals surface area contributed by atoms with Crippen LogP contribution in [0.25, 0.3) is 0 Å². The molecule has 4 heteroatoms. The Morgan fingerprint density at radius 2 is 2.43 bits per heavy atom. The van der Waals surface area contributed by atoms with Crippen LogP contribution in [0.3, 0.4) is 0 Å². The van der Waals surface area contributed by atoms with Crippen LogP contribution in [-0.4, -0.2) is 49.7 Å². The number of aliphatic hydroxyl groups excluding tert-OH is 1. The van der Waals surface area contributed by atoms with Gasteiger partial charge in [0.1, 0.15) is 0 Å². The first-order valence-electron chi connectivity index (χ1n) is 5.25. The highest BCUT2D eigenvalue weighted by Gasteiger charge is 2.29. The van der Waals surface area contributed by atoms with Crippen molar-refractivity contribution in [2.45, 2.75) is 31.9 Å². The van der Waals surface area contributed by atoms with Gasteiger partial charge in [0.15, 0.2) is 0 Å². The van der Waals surface area contributed by atoms with E-state index >= 15 is 0 Å². The van der Waals surface area contributed by atoms with E-state index in [4.69, 9.17) is 9.47 Å². The van der Waals surface area contributed by atoms with Crippen LogP contribution in [0.2, 0.25) is 0 Å². The molecule has 0 aromatic carbocycles. The van der Waals surface area contributed by atoms with Gasteiger partial charge in [0, 0.05) is 25.3 Å². The van der Waals surface area contributed by atoms with Crippen molar-refractivity contribution in [2.75, 3.05) is 33.0 Å². The van der Waals surface area contributed by atoms with Crippen molar-refractivity contribution >= 4 is 0 Å². The summed E-state index contributed by atoms with van der Waals surface area (Å²) < 4.78 is 10.4. The van der Waals surface area contributed by atoms with Crippen molar-refractivity contribution in [1.29, 1.82) is 0 Å². The molecule has 1 heterocycles. The number of ether oxygens (including phenoxy) is 2. The molecule has 0 aromatic rings. The van der Waals surface area contributed by atoms with Crippen molar-refractivity contribution in [3.63, 3.8) is 0 Å². The van der Waals surface area contributed by atoms with Gasteiger partial charge in [-0.25, -0.2) is 0 Å². The highest BCUT2D eigenvalue weighted by atomic mass is 16.5. The maximum absolute atomic E-state index is 9.53. The van der Waals surface area contributed by atoms with Gasteiger partial charge in [0.25, 0.3) is 0 Å². The smallest absolute Gasteiger partial charge is 0.0897 e. The standard InChI is InChI=1S/C10H21NO3/c1-3-13-7-9(12)6-11-10(2)4-5-14-8-10/h9,11-12H,3-8H2,1-2H3. The molecule has 0 radical (unpaired) electrons. The third kappa shape index (κ3) is 3.92. The maximum atomic E-state index is 9.53. The van der Waals surface area contributed by atoms with Crippen molar-refractivity contribution in [3.8, 4) is 0 Å². The van der Waals surface area contributed by atoms with Crippen LogP contribution in [0.1, 0.15) is 20.3 Å². The van der Waals surface area contributed by atoms with Crippen molar-refractivity contribution in [3.05, 3.63) is 0 Å². The summed E-state index contributed by atoms with van der Waals surface area (Å²) in [6, 6.07) is 0. The fourth-order valence-corrected chi connectivity index (χ4v) is 1.48. The van der Waals surface area contributed by atoms with Gasteiger partial charge in [-0.05, 0) is 20.3 Å².